The third-order valence-electron chi connectivity index (χ3n) is 1.93. The Morgan fingerprint density at radius 1 is 1.53 bits per heavy atom. The summed E-state index contributed by atoms with van der Waals surface area (Å²) in [5, 5.41) is 0. The predicted molar refractivity (Wildman–Crippen MR) is 51.4 cm³/mol. The van der Waals surface area contributed by atoms with Gasteiger partial charge in [0, 0.05) is 12.6 Å². The standard InChI is InChI=1S/C9H11FN2O3/c1-2-3-4-7(13)12-8(14)6(10)5-11-9(12)15/h5H,2-4H2,1H3,(H,11,15). The lowest BCUT2D eigenvalue weighted by Gasteiger charge is -2.01. The van der Waals surface area contributed by atoms with Crippen molar-refractivity contribution in [2.24, 2.45) is 0 Å². The van der Waals surface area contributed by atoms with E-state index in [1.165, 1.54) is 0 Å². The number of nitrogens with one attached hydrogen (secondary N) is 1. The van der Waals surface area contributed by atoms with Crippen LogP contribution in [0.3, 0.4) is 0 Å². The first-order chi connectivity index (χ1) is 7.07. The molecular weight excluding hydrogens is 203 g/mol. The second-order valence-electron chi connectivity index (χ2n) is 3.08. The number of carbonyl (C=O) groups excluding carboxylic acids is 1. The molecule has 0 aliphatic heterocycles. The quantitative estimate of drug-likeness (QED) is 0.796. The van der Waals surface area contributed by atoms with Crippen molar-refractivity contribution in [2.45, 2.75) is 26.2 Å². The number of carbonyl (C=O) groups is 1. The molecule has 0 amide bonds. The van der Waals surface area contributed by atoms with Crippen LogP contribution in [-0.4, -0.2) is 15.5 Å². The minimum Gasteiger partial charge on any atom is -0.311 e. The van der Waals surface area contributed by atoms with Crippen molar-refractivity contribution in [3.05, 3.63) is 32.9 Å². The van der Waals surface area contributed by atoms with Crippen LogP contribution in [0.25, 0.3) is 0 Å². The van der Waals surface area contributed by atoms with Crippen LogP contribution >= 0.6 is 0 Å². The van der Waals surface area contributed by atoms with Gasteiger partial charge in [-0.25, -0.2) is 4.79 Å². The number of aromatic amines is 1. The number of halogens is 1. The average molecular weight is 214 g/mol. The van der Waals surface area contributed by atoms with E-state index in [2.05, 4.69) is 0 Å². The third-order valence-corrected chi connectivity index (χ3v) is 1.93. The van der Waals surface area contributed by atoms with Gasteiger partial charge in [-0.2, -0.15) is 8.96 Å². The molecule has 0 unspecified atom stereocenters. The summed E-state index contributed by atoms with van der Waals surface area (Å²) >= 11 is 0. The van der Waals surface area contributed by atoms with Crippen LogP contribution in [0.1, 0.15) is 31.0 Å². The van der Waals surface area contributed by atoms with Crippen LogP contribution in [0.2, 0.25) is 0 Å². The van der Waals surface area contributed by atoms with Gasteiger partial charge >= 0.3 is 5.69 Å². The maximum absolute atomic E-state index is 12.8. The van der Waals surface area contributed by atoms with Crippen LogP contribution < -0.4 is 11.2 Å². The van der Waals surface area contributed by atoms with Gasteiger partial charge in [0.1, 0.15) is 0 Å². The molecule has 0 atom stereocenters. The van der Waals surface area contributed by atoms with Crippen LogP contribution in [0, 0.1) is 5.82 Å². The van der Waals surface area contributed by atoms with E-state index in [1.807, 2.05) is 11.9 Å². The second kappa shape index (κ2) is 4.68. The highest BCUT2D eigenvalue weighted by Crippen LogP contribution is 1.95. The molecule has 5 nitrogen and oxygen atoms in total. The minimum absolute atomic E-state index is 0.0585. The number of rotatable bonds is 3. The second-order valence-corrected chi connectivity index (χ2v) is 3.08. The lowest BCUT2D eigenvalue weighted by Crippen LogP contribution is -2.40. The van der Waals surface area contributed by atoms with E-state index in [4.69, 9.17) is 0 Å². The zero-order valence-electron chi connectivity index (χ0n) is 8.25. The summed E-state index contributed by atoms with van der Waals surface area (Å²) in [5.41, 5.74) is -2.10. The summed E-state index contributed by atoms with van der Waals surface area (Å²) in [6, 6.07) is 0. The fourth-order valence-corrected chi connectivity index (χ4v) is 1.12. The molecule has 15 heavy (non-hydrogen) atoms. The molecule has 0 spiro atoms. The van der Waals surface area contributed by atoms with Crippen LogP contribution in [-0.2, 0) is 0 Å². The summed E-state index contributed by atoms with van der Waals surface area (Å²) in [6.07, 6.45) is 2.02. The highest BCUT2D eigenvalue weighted by molar-refractivity contribution is 5.78. The summed E-state index contributed by atoms with van der Waals surface area (Å²) < 4.78 is 13.1. The van der Waals surface area contributed by atoms with Gasteiger partial charge < -0.3 is 4.98 Å². The van der Waals surface area contributed by atoms with Gasteiger partial charge in [0.25, 0.3) is 5.56 Å². The van der Waals surface area contributed by atoms with Gasteiger partial charge in [0.2, 0.25) is 11.7 Å². The van der Waals surface area contributed by atoms with Gasteiger partial charge in [0.05, 0.1) is 0 Å². The number of nitrogens with zero attached hydrogens (tertiary/aromatic N) is 1. The minimum atomic E-state index is -1.19. The van der Waals surface area contributed by atoms with Crippen molar-refractivity contribution in [1.82, 2.24) is 9.55 Å². The number of hydrogen-bond acceptors (Lipinski definition) is 3. The first-order valence-corrected chi connectivity index (χ1v) is 4.61. The molecule has 1 aromatic heterocycles. The number of hydrogen-bond donors (Lipinski definition) is 1. The Morgan fingerprint density at radius 3 is 2.80 bits per heavy atom. The molecule has 0 radical (unpaired) electrons. The average Bonchev–Trinajstić information content (AvgIpc) is 2.21. The molecule has 1 rings (SSSR count). The lowest BCUT2D eigenvalue weighted by atomic mass is 10.2. The molecular formula is C9H11FN2O3. The van der Waals surface area contributed by atoms with Crippen molar-refractivity contribution in [3.63, 3.8) is 0 Å². The van der Waals surface area contributed by atoms with E-state index < -0.39 is 23.0 Å². The molecule has 1 N–H and O–H groups in total. The molecule has 82 valence electrons. The molecule has 0 aliphatic rings. The maximum Gasteiger partial charge on any atom is 0.335 e. The van der Waals surface area contributed by atoms with E-state index in [-0.39, 0.29) is 6.42 Å². The highest BCUT2D eigenvalue weighted by atomic mass is 19.1. The van der Waals surface area contributed by atoms with Crippen molar-refractivity contribution >= 4 is 5.91 Å². The molecule has 1 heterocycles. The molecule has 0 saturated carbocycles. The van der Waals surface area contributed by atoms with E-state index >= 15 is 0 Å². The molecule has 0 bridgehead atoms. The normalized spacial score (nSPS) is 10.3. The van der Waals surface area contributed by atoms with E-state index in [9.17, 15) is 18.8 Å². The lowest BCUT2D eigenvalue weighted by molar-refractivity contribution is 0.0887. The first-order valence-electron chi connectivity index (χ1n) is 4.61. The fraction of sp³-hybridized carbons (Fsp3) is 0.444. The molecule has 0 saturated heterocycles. The van der Waals surface area contributed by atoms with Gasteiger partial charge in [-0.3, -0.25) is 9.59 Å². The zero-order chi connectivity index (χ0) is 11.4. The predicted octanol–water partition coefficient (Wildman–Crippen LogP) is 0.506. The molecule has 1 aromatic rings. The molecule has 0 fully saturated rings. The summed E-state index contributed by atoms with van der Waals surface area (Å²) in [6.45, 7) is 1.87. The number of aromatic nitrogens is 2. The maximum atomic E-state index is 12.8. The van der Waals surface area contributed by atoms with Gasteiger partial charge in [0.15, 0.2) is 0 Å². The topological polar surface area (TPSA) is 71.9 Å². The van der Waals surface area contributed by atoms with Crippen molar-refractivity contribution < 1.29 is 9.18 Å². The number of H-pyrrole nitrogens is 1. The summed E-state index contributed by atoms with van der Waals surface area (Å²) in [7, 11) is 0. The van der Waals surface area contributed by atoms with Crippen LogP contribution in [0.4, 0.5) is 4.39 Å². The van der Waals surface area contributed by atoms with E-state index in [1.54, 1.807) is 0 Å². The largest absolute Gasteiger partial charge is 0.335 e. The Balaban J connectivity index is 3.14. The molecule has 6 heteroatoms. The first kappa shape index (κ1) is 11.4. The van der Waals surface area contributed by atoms with Gasteiger partial charge in [-0.05, 0) is 6.42 Å². The third kappa shape index (κ3) is 2.39. The molecule has 0 aliphatic carbocycles. The SMILES string of the molecule is CCCCC(=O)n1c(=O)[nH]cc(F)c1=O. The summed E-state index contributed by atoms with van der Waals surface area (Å²) in [4.78, 5) is 35.6. The summed E-state index contributed by atoms with van der Waals surface area (Å²) in [5.74, 6) is -1.82. The fourth-order valence-electron chi connectivity index (χ4n) is 1.12. The van der Waals surface area contributed by atoms with Gasteiger partial charge in [-0.1, -0.05) is 13.3 Å². The smallest absolute Gasteiger partial charge is 0.311 e. The van der Waals surface area contributed by atoms with Crippen LogP contribution in [0.15, 0.2) is 15.8 Å². The Kier molecular flexibility index (Phi) is 3.54. The monoisotopic (exact) mass is 214 g/mol. The highest BCUT2D eigenvalue weighted by Gasteiger charge is 2.13. The van der Waals surface area contributed by atoms with Gasteiger partial charge in [-0.15, -0.1) is 0 Å². The van der Waals surface area contributed by atoms with Crippen molar-refractivity contribution in [2.75, 3.05) is 0 Å². The zero-order valence-corrected chi connectivity index (χ0v) is 8.25. The number of unbranched alkanes of at least 4 members (excludes halogenated alkanes) is 1. The van der Waals surface area contributed by atoms with Crippen molar-refractivity contribution in [1.29, 1.82) is 0 Å². The Bertz CT molecular complexity index is 475. The van der Waals surface area contributed by atoms with E-state index in [0.717, 1.165) is 6.42 Å². The van der Waals surface area contributed by atoms with E-state index in [0.29, 0.717) is 17.2 Å². The van der Waals surface area contributed by atoms with Crippen LogP contribution in [0.5, 0.6) is 0 Å². The Hall–Kier alpha value is -1.72. The molecule has 0 aromatic carbocycles. The Labute approximate surface area is 84.6 Å². The Morgan fingerprint density at radius 2 is 2.20 bits per heavy atom. The van der Waals surface area contributed by atoms with Crippen molar-refractivity contribution in [3.8, 4) is 0 Å².